The number of phenols is 1. The van der Waals surface area contributed by atoms with Gasteiger partial charge in [-0.25, -0.2) is 4.79 Å². The molecule has 1 aromatic rings. The van der Waals surface area contributed by atoms with Crippen LogP contribution in [0.2, 0.25) is 0 Å². The van der Waals surface area contributed by atoms with E-state index in [1.807, 2.05) is 12.5 Å². The van der Waals surface area contributed by atoms with Gasteiger partial charge >= 0.3 is 5.97 Å². The summed E-state index contributed by atoms with van der Waals surface area (Å²) in [5.41, 5.74) is 6.65. The molecule has 0 bridgehead atoms. The van der Waals surface area contributed by atoms with Gasteiger partial charge in [-0.1, -0.05) is 12.1 Å². The van der Waals surface area contributed by atoms with Crippen LogP contribution in [0.4, 0.5) is 0 Å². The summed E-state index contributed by atoms with van der Waals surface area (Å²) in [6.07, 6.45) is 5.62. The van der Waals surface area contributed by atoms with Crippen molar-refractivity contribution in [3.8, 4) is 5.75 Å². The van der Waals surface area contributed by atoms with Crippen LogP contribution in [0.1, 0.15) is 31.2 Å². The zero-order valence-corrected chi connectivity index (χ0v) is 22.3. The molecule has 1 fully saturated rings. The highest BCUT2D eigenvalue weighted by Gasteiger charge is 2.38. The largest absolute Gasteiger partial charge is 0.508 e. The highest BCUT2D eigenvalue weighted by Crippen LogP contribution is 2.20. The SMILES string of the molecule is CSCCC(N)C(=O)NC(CCSC)C(=O)NC(Cc1ccc(O)cc1)C(=O)N1CCCC1C(=O)O. The van der Waals surface area contributed by atoms with E-state index in [0.717, 1.165) is 0 Å². The Morgan fingerprint density at radius 2 is 1.64 bits per heavy atom. The molecule has 0 saturated carbocycles. The van der Waals surface area contributed by atoms with Gasteiger partial charge in [0.05, 0.1) is 6.04 Å². The first-order valence-corrected chi connectivity index (χ1v) is 14.6. The number of benzene rings is 1. The summed E-state index contributed by atoms with van der Waals surface area (Å²) in [6, 6.07) is 2.60. The van der Waals surface area contributed by atoms with Crippen LogP contribution in [0.5, 0.6) is 5.75 Å². The Morgan fingerprint density at radius 3 is 2.25 bits per heavy atom. The van der Waals surface area contributed by atoms with E-state index in [0.29, 0.717) is 42.8 Å². The van der Waals surface area contributed by atoms with E-state index in [1.165, 1.54) is 28.8 Å². The minimum atomic E-state index is -1.08. The summed E-state index contributed by atoms with van der Waals surface area (Å²) < 4.78 is 0. The fraction of sp³-hybridized carbons (Fsp3) is 0.583. The zero-order valence-electron chi connectivity index (χ0n) is 20.6. The first-order chi connectivity index (χ1) is 17.2. The lowest BCUT2D eigenvalue weighted by Crippen LogP contribution is -2.57. The first-order valence-electron chi connectivity index (χ1n) is 11.8. The summed E-state index contributed by atoms with van der Waals surface area (Å²) in [5.74, 6) is -1.17. The number of amides is 3. The molecule has 0 radical (unpaired) electrons. The van der Waals surface area contributed by atoms with Gasteiger partial charge in [-0.2, -0.15) is 23.5 Å². The van der Waals surface area contributed by atoms with Crippen molar-refractivity contribution < 1.29 is 29.4 Å². The van der Waals surface area contributed by atoms with Crippen LogP contribution in [0.3, 0.4) is 0 Å². The van der Waals surface area contributed by atoms with Gasteiger partial charge in [0, 0.05) is 13.0 Å². The number of aliphatic carboxylic acids is 1. The predicted molar refractivity (Wildman–Crippen MR) is 142 cm³/mol. The number of carbonyl (C=O) groups excluding carboxylic acids is 3. The molecule has 1 saturated heterocycles. The fourth-order valence-corrected chi connectivity index (χ4v) is 4.95. The number of aromatic hydroxyl groups is 1. The Morgan fingerprint density at radius 1 is 1.03 bits per heavy atom. The molecule has 1 aliphatic heterocycles. The monoisotopic (exact) mass is 540 g/mol. The standard InChI is InChI=1S/C24H36N4O6S2/c1-35-12-9-17(25)21(30)26-18(10-13-36-2)22(31)27-19(14-15-5-7-16(29)8-6-15)23(32)28-11-3-4-20(28)24(33)34/h5-8,17-20,29H,3-4,9-14,25H2,1-2H3,(H,26,30)(H,27,31)(H,33,34). The number of carbonyl (C=O) groups is 4. The number of rotatable bonds is 14. The predicted octanol–water partition coefficient (Wildman–Crippen LogP) is 0.813. The number of hydrogen-bond acceptors (Lipinski definition) is 8. The normalized spacial score (nSPS) is 17.8. The Bertz CT molecular complexity index is 901. The molecule has 2 rings (SSSR count). The molecular weight excluding hydrogens is 504 g/mol. The molecule has 12 heteroatoms. The molecule has 1 aliphatic rings. The lowest BCUT2D eigenvalue weighted by molar-refractivity contribution is -0.149. The van der Waals surface area contributed by atoms with Crippen LogP contribution in [0, 0.1) is 0 Å². The van der Waals surface area contributed by atoms with Crippen LogP contribution >= 0.6 is 23.5 Å². The van der Waals surface area contributed by atoms with Crippen molar-refractivity contribution in [1.82, 2.24) is 15.5 Å². The van der Waals surface area contributed by atoms with E-state index < -0.39 is 47.9 Å². The van der Waals surface area contributed by atoms with Gasteiger partial charge in [0.25, 0.3) is 0 Å². The minimum Gasteiger partial charge on any atom is -0.508 e. The molecule has 1 heterocycles. The van der Waals surface area contributed by atoms with E-state index in [4.69, 9.17) is 5.73 Å². The van der Waals surface area contributed by atoms with Crippen molar-refractivity contribution in [2.24, 2.45) is 5.73 Å². The number of likely N-dealkylation sites (tertiary alicyclic amines) is 1. The van der Waals surface area contributed by atoms with E-state index in [1.54, 1.807) is 23.9 Å². The van der Waals surface area contributed by atoms with Crippen LogP contribution in [0.25, 0.3) is 0 Å². The van der Waals surface area contributed by atoms with Gasteiger partial charge < -0.3 is 31.5 Å². The Balaban J connectivity index is 2.23. The van der Waals surface area contributed by atoms with Crippen LogP contribution < -0.4 is 16.4 Å². The summed E-state index contributed by atoms with van der Waals surface area (Å²) >= 11 is 3.09. The molecule has 0 aliphatic carbocycles. The number of hydrogen-bond donors (Lipinski definition) is 5. The van der Waals surface area contributed by atoms with Crippen molar-refractivity contribution in [1.29, 1.82) is 0 Å². The maximum atomic E-state index is 13.4. The van der Waals surface area contributed by atoms with E-state index in [9.17, 15) is 29.4 Å². The number of nitrogens with zero attached hydrogens (tertiary/aromatic N) is 1. The highest BCUT2D eigenvalue weighted by molar-refractivity contribution is 7.98. The highest BCUT2D eigenvalue weighted by atomic mass is 32.2. The molecule has 6 N–H and O–H groups in total. The maximum absolute atomic E-state index is 13.4. The molecular formula is C24H36N4O6S2. The summed E-state index contributed by atoms with van der Waals surface area (Å²) in [4.78, 5) is 52.3. The second kappa shape index (κ2) is 15.0. The second-order valence-electron chi connectivity index (χ2n) is 8.69. The third-order valence-corrected chi connectivity index (χ3v) is 7.31. The fourth-order valence-electron chi connectivity index (χ4n) is 3.99. The van der Waals surface area contributed by atoms with Gasteiger partial charge in [-0.15, -0.1) is 0 Å². The number of carboxylic acids is 1. The summed E-state index contributed by atoms with van der Waals surface area (Å²) in [5, 5.41) is 24.6. The van der Waals surface area contributed by atoms with Crippen molar-refractivity contribution in [2.75, 3.05) is 30.6 Å². The molecule has 1 aromatic carbocycles. The van der Waals surface area contributed by atoms with Gasteiger partial charge in [0.15, 0.2) is 0 Å². The van der Waals surface area contributed by atoms with Crippen LogP contribution in [-0.4, -0.2) is 93.5 Å². The molecule has 0 spiro atoms. The van der Waals surface area contributed by atoms with Crippen molar-refractivity contribution >= 4 is 47.2 Å². The Kier molecular flexibility index (Phi) is 12.4. The molecule has 3 amide bonds. The van der Waals surface area contributed by atoms with E-state index >= 15 is 0 Å². The second-order valence-corrected chi connectivity index (χ2v) is 10.7. The van der Waals surface area contributed by atoms with Gasteiger partial charge in [0.2, 0.25) is 17.7 Å². The van der Waals surface area contributed by atoms with Gasteiger partial charge in [-0.05, 0) is 67.4 Å². The minimum absolute atomic E-state index is 0.0637. The average molecular weight is 541 g/mol. The lowest BCUT2D eigenvalue weighted by Gasteiger charge is -2.29. The number of phenolic OH excluding ortho intramolecular Hbond substituents is 1. The smallest absolute Gasteiger partial charge is 0.326 e. The topological polar surface area (TPSA) is 162 Å². The molecule has 36 heavy (non-hydrogen) atoms. The zero-order chi connectivity index (χ0) is 26.7. The molecule has 200 valence electrons. The number of carboxylic acid groups (broad SMARTS) is 1. The molecule has 4 unspecified atom stereocenters. The third-order valence-electron chi connectivity index (χ3n) is 6.03. The third kappa shape index (κ3) is 8.90. The van der Waals surface area contributed by atoms with Crippen molar-refractivity contribution in [2.45, 2.75) is 56.3 Å². The molecule has 0 aromatic heterocycles. The summed E-state index contributed by atoms with van der Waals surface area (Å²) in [6.45, 7) is 0.286. The number of nitrogens with one attached hydrogen (secondary N) is 2. The van der Waals surface area contributed by atoms with E-state index in [2.05, 4.69) is 10.6 Å². The van der Waals surface area contributed by atoms with E-state index in [-0.39, 0.29) is 18.7 Å². The van der Waals surface area contributed by atoms with Gasteiger partial charge in [-0.3, -0.25) is 14.4 Å². The average Bonchev–Trinajstić information content (AvgIpc) is 3.35. The molecule has 4 atom stereocenters. The number of nitrogens with two attached hydrogens (primary N) is 1. The Hall–Kier alpha value is -2.44. The molecule has 10 nitrogen and oxygen atoms in total. The van der Waals surface area contributed by atoms with Gasteiger partial charge in [0.1, 0.15) is 23.9 Å². The van der Waals surface area contributed by atoms with Crippen molar-refractivity contribution in [3.05, 3.63) is 29.8 Å². The quantitative estimate of drug-likeness (QED) is 0.230. The van der Waals surface area contributed by atoms with Crippen LogP contribution in [0.15, 0.2) is 24.3 Å². The van der Waals surface area contributed by atoms with Crippen LogP contribution in [-0.2, 0) is 25.6 Å². The maximum Gasteiger partial charge on any atom is 0.326 e. The lowest BCUT2D eigenvalue weighted by atomic mass is 10.0. The Labute approximate surface area is 220 Å². The van der Waals surface area contributed by atoms with Crippen molar-refractivity contribution in [3.63, 3.8) is 0 Å². The first kappa shape index (κ1) is 29.8. The number of thioether (sulfide) groups is 2. The summed E-state index contributed by atoms with van der Waals surface area (Å²) in [7, 11) is 0.